The highest BCUT2D eigenvalue weighted by molar-refractivity contribution is 7.89. The first-order valence-electron chi connectivity index (χ1n) is 9.75. The number of carbonyl (C=O) groups excluding carboxylic acids is 1. The van der Waals surface area contributed by atoms with E-state index in [9.17, 15) is 13.2 Å². The van der Waals surface area contributed by atoms with Gasteiger partial charge in [-0.3, -0.25) is 4.79 Å². The Labute approximate surface area is 166 Å². The van der Waals surface area contributed by atoms with Gasteiger partial charge in [-0.1, -0.05) is 43.5 Å². The van der Waals surface area contributed by atoms with E-state index in [0.717, 1.165) is 11.3 Å². The van der Waals surface area contributed by atoms with Crippen LogP contribution in [0, 0.1) is 5.92 Å². The van der Waals surface area contributed by atoms with E-state index in [1.807, 2.05) is 0 Å². The molecular formula is C19H29ClN3O3S+. The van der Waals surface area contributed by atoms with Crippen LogP contribution in [0.15, 0.2) is 29.2 Å². The van der Waals surface area contributed by atoms with Crippen LogP contribution in [0.1, 0.15) is 32.6 Å². The van der Waals surface area contributed by atoms with Crippen LogP contribution in [0.3, 0.4) is 0 Å². The third kappa shape index (κ3) is 5.02. The van der Waals surface area contributed by atoms with Gasteiger partial charge in [0.15, 0.2) is 6.54 Å². The Morgan fingerprint density at radius 1 is 1.22 bits per heavy atom. The van der Waals surface area contributed by atoms with Gasteiger partial charge in [0.1, 0.15) is 4.90 Å². The summed E-state index contributed by atoms with van der Waals surface area (Å²) in [5, 5.41) is 3.43. The topological polar surface area (TPSA) is 70.9 Å². The third-order valence-electron chi connectivity index (χ3n) is 5.75. The van der Waals surface area contributed by atoms with Gasteiger partial charge in [0.25, 0.3) is 5.91 Å². The summed E-state index contributed by atoms with van der Waals surface area (Å²) in [6.07, 6.45) is 4.67. The number of carbonyl (C=O) groups is 1. The average Bonchev–Trinajstić information content (AvgIpc) is 2.64. The average molecular weight is 415 g/mol. The number of halogens is 1. The fraction of sp³-hybridized carbons (Fsp3) is 0.632. The molecule has 0 aromatic heterocycles. The first kappa shape index (κ1) is 20.6. The summed E-state index contributed by atoms with van der Waals surface area (Å²) in [7, 11) is -3.59. The molecule has 1 amide bonds. The van der Waals surface area contributed by atoms with Crippen LogP contribution in [-0.2, 0) is 14.8 Å². The van der Waals surface area contributed by atoms with Crippen molar-refractivity contribution in [1.29, 1.82) is 0 Å². The zero-order valence-corrected chi connectivity index (χ0v) is 17.4. The van der Waals surface area contributed by atoms with Crippen molar-refractivity contribution >= 4 is 27.5 Å². The van der Waals surface area contributed by atoms with Crippen molar-refractivity contribution in [2.75, 3.05) is 32.7 Å². The summed E-state index contributed by atoms with van der Waals surface area (Å²) in [6, 6.07) is 6.81. The molecule has 1 aliphatic carbocycles. The normalized spacial score (nSPS) is 25.3. The van der Waals surface area contributed by atoms with Crippen LogP contribution in [-0.4, -0.2) is 57.4 Å². The molecule has 0 spiro atoms. The van der Waals surface area contributed by atoms with Gasteiger partial charge in [-0.15, -0.1) is 0 Å². The predicted octanol–water partition coefficient (Wildman–Crippen LogP) is 0.924. The monoisotopic (exact) mass is 414 g/mol. The van der Waals surface area contributed by atoms with E-state index in [4.69, 9.17) is 11.6 Å². The van der Waals surface area contributed by atoms with Crippen molar-refractivity contribution in [3.05, 3.63) is 29.3 Å². The van der Waals surface area contributed by atoms with E-state index >= 15 is 0 Å². The van der Waals surface area contributed by atoms with Crippen molar-refractivity contribution in [3.8, 4) is 0 Å². The number of hydrogen-bond donors (Lipinski definition) is 2. The first-order valence-corrected chi connectivity index (χ1v) is 11.6. The number of benzene rings is 1. The molecule has 0 radical (unpaired) electrons. The Morgan fingerprint density at radius 2 is 1.89 bits per heavy atom. The van der Waals surface area contributed by atoms with Gasteiger partial charge < -0.3 is 10.2 Å². The number of amides is 1. The van der Waals surface area contributed by atoms with E-state index in [1.165, 1.54) is 29.6 Å². The highest BCUT2D eigenvalue weighted by atomic mass is 35.5. The van der Waals surface area contributed by atoms with E-state index in [2.05, 4.69) is 12.2 Å². The lowest BCUT2D eigenvalue weighted by atomic mass is 9.86. The van der Waals surface area contributed by atoms with Gasteiger partial charge >= 0.3 is 0 Å². The minimum absolute atomic E-state index is 0.0751. The van der Waals surface area contributed by atoms with Gasteiger partial charge in [-0.05, 0) is 30.9 Å². The molecule has 1 aromatic carbocycles. The second kappa shape index (κ2) is 8.90. The van der Waals surface area contributed by atoms with E-state index < -0.39 is 10.0 Å². The van der Waals surface area contributed by atoms with Crippen LogP contribution in [0.2, 0.25) is 5.02 Å². The number of quaternary nitrogens is 1. The standard InChI is InChI=1S/C19H28ClN3O3S/c1-15-6-2-4-8-17(15)21-19(24)14-22-10-12-23(13-11-22)27(25,26)18-9-5-3-7-16(18)20/h3,5,7,9,15,17H,2,4,6,8,10-14H2,1H3,(H,21,24)/p+1/t15-,17-/m1/s1. The molecule has 1 saturated carbocycles. The smallest absolute Gasteiger partial charge is 0.275 e. The summed E-state index contributed by atoms with van der Waals surface area (Å²) in [5.41, 5.74) is 0. The molecule has 2 atom stereocenters. The number of sulfonamides is 1. The molecule has 1 heterocycles. The maximum Gasteiger partial charge on any atom is 0.275 e. The molecule has 1 aromatic rings. The second-order valence-electron chi connectivity index (χ2n) is 7.70. The lowest BCUT2D eigenvalue weighted by molar-refractivity contribution is -0.895. The SMILES string of the molecule is C[C@@H]1CCCC[C@H]1NC(=O)C[NH+]1CCN(S(=O)(=O)c2ccccc2Cl)CC1. The zero-order valence-electron chi connectivity index (χ0n) is 15.8. The highest BCUT2D eigenvalue weighted by Crippen LogP contribution is 2.24. The molecule has 27 heavy (non-hydrogen) atoms. The zero-order chi connectivity index (χ0) is 19.4. The van der Waals surface area contributed by atoms with Gasteiger partial charge in [-0.25, -0.2) is 8.42 Å². The van der Waals surface area contributed by atoms with Crippen LogP contribution in [0.25, 0.3) is 0 Å². The summed E-state index contributed by atoms with van der Waals surface area (Å²) < 4.78 is 27.0. The Balaban J connectivity index is 1.51. The van der Waals surface area contributed by atoms with Crippen LogP contribution < -0.4 is 10.2 Å². The van der Waals surface area contributed by atoms with Crippen molar-refractivity contribution in [3.63, 3.8) is 0 Å². The second-order valence-corrected chi connectivity index (χ2v) is 10.0. The maximum absolute atomic E-state index is 12.8. The molecule has 2 aliphatic rings. The molecule has 2 N–H and O–H groups in total. The van der Waals surface area contributed by atoms with Crippen LogP contribution >= 0.6 is 11.6 Å². The quantitative estimate of drug-likeness (QED) is 0.752. The summed E-state index contributed by atoms with van der Waals surface area (Å²) >= 11 is 6.07. The predicted molar refractivity (Wildman–Crippen MR) is 105 cm³/mol. The fourth-order valence-corrected chi connectivity index (χ4v) is 5.96. The molecule has 6 nitrogen and oxygen atoms in total. The van der Waals surface area contributed by atoms with Gasteiger partial charge in [0, 0.05) is 6.04 Å². The van der Waals surface area contributed by atoms with Crippen LogP contribution in [0.5, 0.6) is 0 Å². The molecule has 3 rings (SSSR count). The van der Waals surface area contributed by atoms with Crippen molar-refractivity contribution in [2.24, 2.45) is 5.92 Å². The van der Waals surface area contributed by atoms with Crippen molar-refractivity contribution in [2.45, 2.75) is 43.5 Å². The Bertz CT molecular complexity index is 763. The van der Waals surface area contributed by atoms with Crippen LogP contribution in [0.4, 0.5) is 0 Å². The molecule has 0 bridgehead atoms. The highest BCUT2D eigenvalue weighted by Gasteiger charge is 2.32. The van der Waals surface area contributed by atoms with Crippen molar-refractivity contribution < 1.29 is 18.1 Å². The fourth-order valence-electron chi connectivity index (χ4n) is 4.03. The lowest BCUT2D eigenvalue weighted by Gasteiger charge is -2.33. The number of nitrogens with zero attached hydrogens (tertiary/aromatic N) is 1. The Kier molecular flexibility index (Phi) is 6.78. The third-order valence-corrected chi connectivity index (χ3v) is 8.15. The summed E-state index contributed by atoms with van der Waals surface area (Å²) in [6.45, 7) is 4.65. The number of rotatable bonds is 5. The molecule has 2 fully saturated rings. The Hall–Kier alpha value is -1.15. The molecule has 1 aliphatic heterocycles. The summed E-state index contributed by atoms with van der Waals surface area (Å²) in [4.78, 5) is 13.7. The van der Waals surface area contributed by atoms with Gasteiger partial charge in [0.2, 0.25) is 10.0 Å². The molecule has 0 unspecified atom stereocenters. The molecule has 150 valence electrons. The van der Waals surface area contributed by atoms with E-state index in [0.29, 0.717) is 38.6 Å². The van der Waals surface area contributed by atoms with E-state index in [-0.39, 0.29) is 21.9 Å². The largest absolute Gasteiger partial charge is 0.348 e. The summed E-state index contributed by atoms with van der Waals surface area (Å²) in [5.74, 6) is 0.612. The Morgan fingerprint density at radius 3 is 2.56 bits per heavy atom. The molecule has 8 heteroatoms. The van der Waals surface area contributed by atoms with Gasteiger partial charge in [0.05, 0.1) is 31.2 Å². The van der Waals surface area contributed by atoms with Crippen molar-refractivity contribution in [1.82, 2.24) is 9.62 Å². The maximum atomic E-state index is 12.8. The molecule has 1 saturated heterocycles. The first-order chi connectivity index (χ1) is 12.9. The number of hydrogen-bond acceptors (Lipinski definition) is 3. The van der Waals surface area contributed by atoms with Gasteiger partial charge in [-0.2, -0.15) is 4.31 Å². The lowest BCUT2D eigenvalue weighted by Crippen LogP contribution is -3.15. The minimum atomic E-state index is -3.59. The molecular weight excluding hydrogens is 386 g/mol. The number of piperazine rings is 1. The van der Waals surface area contributed by atoms with E-state index in [1.54, 1.807) is 18.2 Å². The number of nitrogens with one attached hydrogen (secondary N) is 2. The minimum Gasteiger partial charge on any atom is -0.348 e.